The first-order valence-electron chi connectivity index (χ1n) is 12.1. The molecule has 0 bridgehead atoms. The van der Waals surface area contributed by atoms with E-state index in [9.17, 15) is 9.59 Å². The number of nitrogens with one attached hydrogen (secondary N) is 1. The number of hydrogen-bond acceptors (Lipinski definition) is 5. The molecule has 36 heavy (non-hydrogen) atoms. The van der Waals surface area contributed by atoms with Crippen LogP contribution in [0, 0.1) is 0 Å². The molecular formula is C29H32N2O4S. The van der Waals surface area contributed by atoms with Crippen molar-refractivity contribution in [3.8, 4) is 11.5 Å². The molecule has 0 aliphatic carbocycles. The predicted octanol–water partition coefficient (Wildman–Crippen LogP) is 5.10. The molecule has 3 unspecified atom stereocenters. The van der Waals surface area contributed by atoms with E-state index in [-0.39, 0.29) is 23.2 Å². The summed E-state index contributed by atoms with van der Waals surface area (Å²) in [6, 6.07) is 24.5. The highest BCUT2D eigenvalue weighted by Gasteiger charge is 2.43. The fourth-order valence-electron chi connectivity index (χ4n) is 4.35. The first kappa shape index (κ1) is 25.6. The smallest absolute Gasteiger partial charge is 0.256 e. The minimum atomic E-state index is -0.593. The maximum absolute atomic E-state index is 13.9. The SMILES string of the molecule is COc1cc(OC)cc(C(=O)N2C(C(=O)NC(C)CCc3ccccc3)CSC2c2ccccc2)c1. The average Bonchev–Trinajstić information content (AvgIpc) is 3.37. The molecule has 188 valence electrons. The second-order valence-corrected chi connectivity index (χ2v) is 9.97. The molecule has 2 amide bonds. The maximum Gasteiger partial charge on any atom is 0.256 e. The van der Waals surface area contributed by atoms with Crippen LogP contribution in [0.3, 0.4) is 0 Å². The first-order chi connectivity index (χ1) is 17.5. The van der Waals surface area contributed by atoms with Crippen molar-refractivity contribution >= 4 is 23.6 Å². The van der Waals surface area contributed by atoms with Crippen molar-refractivity contribution in [3.63, 3.8) is 0 Å². The van der Waals surface area contributed by atoms with Gasteiger partial charge in [-0.25, -0.2) is 0 Å². The number of nitrogens with zero attached hydrogens (tertiary/aromatic N) is 1. The van der Waals surface area contributed by atoms with Gasteiger partial charge in [-0.2, -0.15) is 0 Å². The minimum absolute atomic E-state index is 0.0210. The van der Waals surface area contributed by atoms with E-state index in [0.29, 0.717) is 22.8 Å². The zero-order valence-corrected chi connectivity index (χ0v) is 21.7. The number of ether oxygens (including phenoxy) is 2. The van der Waals surface area contributed by atoms with Gasteiger partial charge in [-0.05, 0) is 43.0 Å². The van der Waals surface area contributed by atoms with Crippen molar-refractivity contribution < 1.29 is 19.1 Å². The first-order valence-corrected chi connectivity index (χ1v) is 13.1. The van der Waals surface area contributed by atoms with Crippen molar-refractivity contribution in [2.45, 2.75) is 37.2 Å². The summed E-state index contributed by atoms with van der Waals surface area (Å²) < 4.78 is 10.8. The molecule has 0 radical (unpaired) electrons. The predicted molar refractivity (Wildman–Crippen MR) is 144 cm³/mol. The summed E-state index contributed by atoms with van der Waals surface area (Å²) in [5.74, 6) is 1.20. The molecule has 3 atom stereocenters. The molecule has 0 aromatic heterocycles. The number of aryl methyl sites for hydroxylation is 1. The van der Waals surface area contributed by atoms with Crippen LogP contribution in [-0.2, 0) is 11.2 Å². The number of carbonyl (C=O) groups is 2. The number of amides is 2. The third-order valence-electron chi connectivity index (χ3n) is 6.32. The number of methoxy groups -OCH3 is 2. The Labute approximate surface area is 217 Å². The molecule has 3 aromatic rings. The lowest BCUT2D eigenvalue weighted by molar-refractivity contribution is -0.125. The van der Waals surface area contributed by atoms with Crippen molar-refractivity contribution in [1.29, 1.82) is 0 Å². The highest BCUT2D eigenvalue weighted by Crippen LogP contribution is 2.42. The van der Waals surface area contributed by atoms with E-state index in [0.717, 1.165) is 18.4 Å². The van der Waals surface area contributed by atoms with Crippen molar-refractivity contribution in [3.05, 3.63) is 95.6 Å². The molecule has 3 aromatic carbocycles. The third-order valence-corrected chi connectivity index (χ3v) is 7.64. The summed E-state index contributed by atoms with van der Waals surface area (Å²) in [6.45, 7) is 2.01. The number of benzene rings is 3. The zero-order chi connectivity index (χ0) is 25.5. The number of thioether (sulfide) groups is 1. The molecule has 1 fully saturated rings. The number of carbonyl (C=O) groups excluding carboxylic acids is 2. The summed E-state index contributed by atoms with van der Waals surface area (Å²) in [7, 11) is 3.10. The molecule has 0 spiro atoms. The molecule has 1 N–H and O–H groups in total. The second-order valence-electron chi connectivity index (χ2n) is 8.86. The fourth-order valence-corrected chi connectivity index (χ4v) is 5.78. The normalized spacial score (nSPS) is 17.9. The van der Waals surface area contributed by atoms with E-state index in [4.69, 9.17) is 9.47 Å². The lowest BCUT2D eigenvalue weighted by Gasteiger charge is -2.30. The van der Waals surface area contributed by atoms with Crippen LogP contribution in [0.25, 0.3) is 0 Å². The van der Waals surface area contributed by atoms with Gasteiger partial charge in [0.25, 0.3) is 5.91 Å². The van der Waals surface area contributed by atoms with Crippen molar-refractivity contribution in [1.82, 2.24) is 10.2 Å². The molecule has 1 saturated heterocycles. The summed E-state index contributed by atoms with van der Waals surface area (Å²) in [6.07, 6.45) is 1.69. The van der Waals surface area contributed by atoms with Gasteiger partial charge in [0.2, 0.25) is 5.91 Å². The van der Waals surface area contributed by atoms with Gasteiger partial charge in [0, 0.05) is 23.4 Å². The molecule has 4 rings (SSSR count). The average molecular weight is 505 g/mol. The van der Waals surface area contributed by atoms with Gasteiger partial charge >= 0.3 is 0 Å². The van der Waals surface area contributed by atoms with E-state index < -0.39 is 6.04 Å². The van der Waals surface area contributed by atoms with E-state index in [1.165, 1.54) is 5.56 Å². The molecule has 7 heteroatoms. The van der Waals surface area contributed by atoms with Crippen LogP contribution in [0.2, 0.25) is 0 Å². The van der Waals surface area contributed by atoms with E-state index >= 15 is 0 Å². The van der Waals surface area contributed by atoms with Crippen molar-refractivity contribution in [2.75, 3.05) is 20.0 Å². The highest BCUT2D eigenvalue weighted by molar-refractivity contribution is 7.99. The lowest BCUT2D eigenvalue weighted by atomic mass is 10.1. The van der Waals surface area contributed by atoms with Gasteiger partial charge in [0.15, 0.2) is 0 Å². The molecule has 0 saturated carbocycles. The summed E-state index contributed by atoms with van der Waals surface area (Å²) in [5, 5.41) is 2.88. The third kappa shape index (κ3) is 6.02. The van der Waals surface area contributed by atoms with Gasteiger partial charge in [-0.15, -0.1) is 11.8 Å². The van der Waals surface area contributed by atoms with E-state index in [2.05, 4.69) is 17.4 Å². The maximum atomic E-state index is 13.9. The van der Waals surface area contributed by atoms with Crippen LogP contribution in [0.5, 0.6) is 11.5 Å². The molecule has 1 heterocycles. The van der Waals surface area contributed by atoms with Crippen molar-refractivity contribution in [2.24, 2.45) is 0 Å². The molecule has 6 nitrogen and oxygen atoms in total. The Morgan fingerprint density at radius 2 is 1.58 bits per heavy atom. The topological polar surface area (TPSA) is 67.9 Å². The second kappa shape index (κ2) is 12.0. The highest BCUT2D eigenvalue weighted by atomic mass is 32.2. The standard InChI is InChI=1S/C29H32N2O4S/c1-20(14-15-21-10-6-4-7-11-21)30-27(32)26-19-36-29(22-12-8-5-9-13-22)31(26)28(33)23-16-24(34-2)18-25(17-23)35-3/h4-13,16-18,20,26,29H,14-15,19H2,1-3H3,(H,30,32). The van der Waals surface area contributed by atoms with Crippen LogP contribution in [0.15, 0.2) is 78.9 Å². The quantitative estimate of drug-likeness (QED) is 0.439. The van der Waals surface area contributed by atoms with Crippen LogP contribution in [0.1, 0.15) is 40.2 Å². The Morgan fingerprint density at radius 3 is 2.19 bits per heavy atom. The Morgan fingerprint density at radius 1 is 0.972 bits per heavy atom. The monoisotopic (exact) mass is 504 g/mol. The van der Waals surface area contributed by atoms with Crippen LogP contribution in [0.4, 0.5) is 0 Å². The minimum Gasteiger partial charge on any atom is -0.497 e. The van der Waals surface area contributed by atoms with Crippen LogP contribution in [-0.4, -0.2) is 48.8 Å². The van der Waals surface area contributed by atoms with Crippen LogP contribution < -0.4 is 14.8 Å². The Bertz CT molecular complexity index is 1150. The Hall–Kier alpha value is -3.45. The lowest BCUT2D eigenvalue weighted by Crippen LogP contribution is -2.50. The Kier molecular flexibility index (Phi) is 8.54. The zero-order valence-electron chi connectivity index (χ0n) is 20.8. The van der Waals surface area contributed by atoms with Crippen LogP contribution >= 0.6 is 11.8 Å². The summed E-state index contributed by atoms with van der Waals surface area (Å²) in [5.41, 5.74) is 2.64. The number of rotatable bonds is 9. The molecule has 1 aliphatic rings. The van der Waals surface area contributed by atoms with Gasteiger partial charge in [-0.1, -0.05) is 60.7 Å². The Balaban J connectivity index is 1.56. The van der Waals surface area contributed by atoms with Gasteiger partial charge in [0.1, 0.15) is 22.9 Å². The van der Waals surface area contributed by atoms with Gasteiger partial charge in [0.05, 0.1) is 14.2 Å². The van der Waals surface area contributed by atoms with E-state index in [1.54, 1.807) is 49.1 Å². The fraction of sp³-hybridized carbons (Fsp3) is 0.310. The number of hydrogen-bond donors (Lipinski definition) is 1. The summed E-state index contributed by atoms with van der Waals surface area (Å²) >= 11 is 1.60. The van der Waals surface area contributed by atoms with Gasteiger partial charge in [-0.3, -0.25) is 9.59 Å². The van der Waals surface area contributed by atoms with Gasteiger partial charge < -0.3 is 19.7 Å². The molecule has 1 aliphatic heterocycles. The summed E-state index contributed by atoms with van der Waals surface area (Å²) in [4.78, 5) is 29.1. The molecular weight excluding hydrogens is 472 g/mol. The largest absolute Gasteiger partial charge is 0.497 e. The van der Waals surface area contributed by atoms with E-state index in [1.807, 2.05) is 55.5 Å².